The molecule has 2 aromatic rings. The Kier molecular flexibility index (Phi) is 1.79. The van der Waals surface area contributed by atoms with Crippen LogP contribution in [0.1, 0.15) is 0 Å². The van der Waals surface area contributed by atoms with Gasteiger partial charge in [-0.15, -0.1) is 9.89 Å². The number of nitrogen functional groups attached to an aromatic ring is 1. The van der Waals surface area contributed by atoms with Crippen molar-refractivity contribution in [1.29, 1.82) is 0 Å². The molecule has 0 spiro atoms. The van der Waals surface area contributed by atoms with Crippen LogP contribution in [0.2, 0.25) is 0 Å². The van der Waals surface area contributed by atoms with Crippen molar-refractivity contribution in [2.24, 2.45) is 0 Å². The largest absolute Gasteiger partial charge is 0.337 e. The van der Waals surface area contributed by atoms with Crippen molar-refractivity contribution in [2.45, 2.75) is 0 Å². The Balaban J connectivity index is 2.20. The molecular formula is C7H8N6. The Hall–Kier alpha value is -2.11. The number of rotatable bonds is 2. The van der Waals surface area contributed by atoms with Gasteiger partial charge in [0.1, 0.15) is 0 Å². The molecule has 0 aromatic carbocycles. The van der Waals surface area contributed by atoms with Crippen LogP contribution < -0.4 is 11.2 Å². The first-order chi connectivity index (χ1) is 6.36. The van der Waals surface area contributed by atoms with Gasteiger partial charge < -0.3 is 11.2 Å². The number of nitrogens with two attached hydrogens (primary N) is 1. The van der Waals surface area contributed by atoms with Gasteiger partial charge in [-0.1, -0.05) is 0 Å². The quantitative estimate of drug-likeness (QED) is 0.635. The number of anilines is 2. The van der Waals surface area contributed by atoms with Crippen LogP contribution in [0.15, 0.2) is 30.7 Å². The number of hydrogen-bond acceptors (Lipinski definition) is 5. The molecule has 0 aliphatic rings. The SMILES string of the molecule is Nn1nncc1Nc1ccncc1. The van der Waals surface area contributed by atoms with Gasteiger partial charge in [0.05, 0.1) is 6.20 Å². The number of nitrogens with zero attached hydrogens (tertiary/aromatic N) is 4. The van der Waals surface area contributed by atoms with Crippen LogP contribution in [0.5, 0.6) is 0 Å². The second-order valence-electron chi connectivity index (χ2n) is 2.42. The summed E-state index contributed by atoms with van der Waals surface area (Å²) >= 11 is 0. The molecular weight excluding hydrogens is 168 g/mol. The molecule has 0 aliphatic carbocycles. The van der Waals surface area contributed by atoms with E-state index in [0.29, 0.717) is 5.82 Å². The van der Waals surface area contributed by atoms with Crippen LogP contribution in [0.25, 0.3) is 0 Å². The van der Waals surface area contributed by atoms with Crippen LogP contribution in [0.3, 0.4) is 0 Å². The Labute approximate surface area is 74.4 Å². The maximum absolute atomic E-state index is 5.45. The molecule has 0 amide bonds. The van der Waals surface area contributed by atoms with E-state index in [9.17, 15) is 0 Å². The molecule has 2 heterocycles. The van der Waals surface area contributed by atoms with E-state index >= 15 is 0 Å². The Morgan fingerprint density at radius 3 is 2.69 bits per heavy atom. The van der Waals surface area contributed by atoms with Crippen LogP contribution in [0.4, 0.5) is 11.5 Å². The average Bonchev–Trinajstić information content (AvgIpc) is 2.54. The molecule has 0 saturated carbocycles. The van der Waals surface area contributed by atoms with Gasteiger partial charge in [0, 0.05) is 18.1 Å². The standard InChI is InChI=1S/C7H8N6/c8-13-7(5-10-12-13)11-6-1-3-9-4-2-6/h1-5H,8H2,(H,9,11). The number of hydrogen-bond donors (Lipinski definition) is 2. The van der Waals surface area contributed by atoms with Gasteiger partial charge in [0.2, 0.25) is 0 Å². The topological polar surface area (TPSA) is 81.7 Å². The Morgan fingerprint density at radius 1 is 1.31 bits per heavy atom. The van der Waals surface area contributed by atoms with E-state index in [4.69, 9.17) is 5.84 Å². The predicted molar refractivity (Wildman–Crippen MR) is 47.7 cm³/mol. The summed E-state index contributed by atoms with van der Waals surface area (Å²) in [6, 6.07) is 3.65. The Morgan fingerprint density at radius 2 is 2.08 bits per heavy atom. The van der Waals surface area contributed by atoms with Gasteiger partial charge in [-0.3, -0.25) is 4.98 Å². The fraction of sp³-hybridized carbons (Fsp3) is 0. The van der Waals surface area contributed by atoms with Crippen LogP contribution in [0, 0.1) is 0 Å². The van der Waals surface area contributed by atoms with E-state index in [1.54, 1.807) is 18.6 Å². The van der Waals surface area contributed by atoms with Crippen molar-refractivity contribution in [3.8, 4) is 0 Å². The molecule has 6 heteroatoms. The highest BCUT2D eigenvalue weighted by Crippen LogP contribution is 2.11. The van der Waals surface area contributed by atoms with E-state index in [1.165, 1.54) is 4.79 Å². The highest BCUT2D eigenvalue weighted by atomic mass is 15.6. The summed E-state index contributed by atoms with van der Waals surface area (Å²) < 4.78 is 0. The second kappa shape index (κ2) is 3.10. The van der Waals surface area contributed by atoms with Gasteiger partial charge in [0.25, 0.3) is 0 Å². The summed E-state index contributed by atoms with van der Waals surface area (Å²) in [6.07, 6.45) is 4.92. The van der Waals surface area contributed by atoms with Gasteiger partial charge in [-0.05, 0) is 17.3 Å². The molecule has 0 bridgehead atoms. The minimum atomic E-state index is 0.631. The van der Waals surface area contributed by atoms with Crippen LogP contribution in [-0.4, -0.2) is 20.1 Å². The van der Waals surface area contributed by atoms with E-state index in [2.05, 4.69) is 20.6 Å². The third-order valence-corrected chi connectivity index (χ3v) is 1.53. The molecule has 0 saturated heterocycles. The molecule has 0 atom stereocenters. The smallest absolute Gasteiger partial charge is 0.172 e. The minimum absolute atomic E-state index is 0.631. The molecule has 3 N–H and O–H groups in total. The molecule has 0 aliphatic heterocycles. The van der Waals surface area contributed by atoms with Crippen molar-refractivity contribution < 1.29 is 0 Å². The third kappa shape index (κ3) is 1.56. The predicted octanol–water partition coefficient (Wildman–Crippen LogP) is 0.130. The molecule has 0 fully saturated rings. The van der Waals surface area contributed by atoms with Crippen molar-refractivity contribution in [2.75, 3.05) is 11.2 Å². The maximum atomic E-state index is 5.45. The van der Waals surface area contributed by atoms with Gasteiger partial charge in [0.15, 0.2) is 5.82 Å². The van der Waals surface area contributed by atoms with Crippen LogP contribution in [-0.2, 0) is 0 Å². The van der Waals surface area contributed by atoms with Gasteiger partial charge in [-0.25, -0.2) is 0 Å². The fourth-order valence-electron chi connectivity index (χ4n) is 0.916. The minimum Gasteiger partial charge on any atom is -0.337 e. The summed E-state index contributed by atoms with van der Waals surface area (Å²) in [4.78, 5) is 5.05. The molecule has 13 heavy (non-hydrogen) atoms. The zero-order valence-corrected chi connectivity index (χ0v) is 6.75. The van der Waals surface area contributed by atoms with E-state index in [-0.39, 0.29) is 0 Å². The summed E-state index contributed by atoms with van der Waals surface area (Å²) in [7, 11) is 0. The second-order valence-corrected chi connectivity index (χ2v) is 2.42. The fourth-order valence-corrected chi connectivity index (χ4v) is 0.916. The number of pyridine rings is 1. The highest BCUT2D eigenvalue weighted by Gasteiger charge is 1.99. The third-order valence-electron chi connectivity index (χ3n) is 1.53. The highest BCUT2D eigenvalue weighted by molar-refractivity contribution is 5.54. The maximum Gasteiger partial charge on any atom is 0.172 e. The number of aromatic nitrogens is 4. The van der Waals surface area contributed by atoms with Gasteiger partial charge in [-0.2, -0.15) is 0 Å². The summed E-state index contributed by atoms with van der Waals surface area (Å²) in [5.74, 6) is 6.08. The molecule has 2 rings (SSSR count). The van der Waals surface area contributed by atoms with E-state index in [0.717, 1.165) is 5.69 Å². The lowest BCUT2D eigenvalue weighted by molar-refractivity contribution is 0.771. The summed E-state index contributed by atoms with van der Waals surface area (Å²) in [5.41, 5.74) is 0.893. The lowest BCUT2D eigenvalue weighted by Crippen LogP contribution is -2.13. The lowest BCUT2D eigenvalue weighted by Gasteiger charge is -2.03. The summed E-state index contributed by atoms with van der Waals surface area (Å²) in [5, 5.41) is 10.2. The molecule has 0 unspecified atom stereocenters. The van der Waals surface area contributed by atoms with Crippen molar-refractivity contribution in [3.05, 3.63) is 30.7 Å². The monoisotopic (exact) mass is 176 g/mol. The van der Waals surface area contributed by atoms with Crippen molar-refractivity contribution >= 4 is 11.5 Å². The zero-order chi connectivity index (χ0) is 9.10. The van der Waals surface area contributed by atoms with E-state index in [1.807, 2.05) is 12.1 Å². The van der Waals surface area contributed by atoms with E-state index < -0.39 is 0 Å². The van der Waals surface area contributed by atoms with Crippen molar-refractivity contribution in [3.63, 3.8) is 0 Å². The molecule has 6 nitrogen and oxygen atoms in total. The first-order valence-electron chi connectivity index (χ1n) is 3.69. The first kappa shape index (κ1) is 7.53. The van der Waals surface area contributed by atoms with Crippen LogP contribution >= 0.6 is 0 Å². The Bertz CT molecular complexity index is 381. The van der Waals surface area contributed by atoms with Gasteiger partial charge >= 0.3 is 0 Å². The molecule has 2 aromatic heterocycles. The first-order valence-corrected chi connectivity index (χ1v) is 3.69. The normalized spacial score (nSPS) is 9.85. The summed E-state index contributed by atoms with van der Waals surface area (Å²) in [6.45, 7) is 0. The molecule has 66 valence electrons. The lowest BCUT2D eigenvalue weighted by atomic mass is 10.4. The zero-order valence-electron chi connectivity index (χ0n) is 6.75. The average molecular weight is 176 g/mol. The molecule has 0 radical (unpaired) electrons. The number of nitrogens with one attached hydrogen (secondary N) is 1. The van der Waals surface area contributed by atoms with Crippen molar-refractivity contribution in [1.82, 2.24) is 20.1 Å².